The molecule has 1 aromatic rings. The number of carbonyl (C=O) groups is 1. The summed E-state index contributed by atoms with van der Waals surface area (Å²) in [6.07, 6.45) is 0.479. The van der Waals surface area contributed by atoms with Crippen molar-refractivity contribution in [2.24, 2.45) is 0 Å². The van der Waals surface area contributed by atoms with Crippen molar-refractivity contribution in [1.29, 1.82) is 0 Å². The van der Waals surface area contributed by atoms with Gasteiger partial charge in [0.1, 0.15) is 0 Å². The lowest BCUT2D eigenvalue weighted by molar-refractivity contribution is 0.104. The Morgan fingerprint density at radius 3 is 2.56 bits per heavy atom. The van der Waals surface area contributed by atoms with E-state index < -0.39 is 0 Å². The first kappa shape index (κ1) is 12.7. The number of aryl methyl sites for hydroxylation is 1. The van der Waals surface area contributed by atoms with Crippen LogP contribution in [0.25, 0.3) is 0 Å². The Bertz CT molecular complexity index is 399. The van der Waals surface area contributed by atoms with Crippen LogP contribution in [0, 0.1) is 0 Å². The summed E-state index contributed by atoms with van der Waals surface area (Å²) in [5, 5.41) is 7.92. The van der Waals surface area contributed by atoms with Crippen LogP contribution >= 0.6 is 0 Å². The Morgan fingerprint density at radius 1 is 1.28 bits per heavy atom. The van der Waals surface area contributed by atoms with Crippen molar-refractivity contribution in [3.63, 3.8) is 0 Å². The molecule has 2 rings (SSSR count). The summed E-state index contributed by atoms with van der Waals surface area (Å²) in [7, 11) is 0. The number of ether oxygens (including phenoxy) is 1. The minimum atomic E-state index is -0.253. The van der Waals surface area contributed by atoms with E-state index >= 15 is 0 Å². The van der Waals surface area contributed by atoms with Crippen LogP contribution in [0.2, 0.25) is 0 Å². The quantitative estimate of drug-likeness (QED) is 0.798. The van der Waals surface area contributed by atoms with Gasteiger partial charge in [0.25, 0.3) is 0 Å². The summed E-state index contributed by atoms with van der Waals surface area (Å²) in [5.74, 6) is 0.637. The van der Waals surface area contributed by atoms with Gasteiger partial charge in [-0.2, -0.15) is 0 Å². The number of anilines is 1. The van der Waals surface area contributed by atoms with Gasteiger partial charge in [0, 0.05) is 32.6 Å². The lowest BCUT2D eigenvalue weighted by atomic mass is 10.3. The van der Waals surface area contributed by atoms with Crippen LogP contribution in [0.5, 0.6) is 0 Å². The molecule has 100 valence electrons. The van der Waals surface area contributed by atoms with E-state index in [9.17, 15) is 4.79 Å². The maximum Gasteiger partial charge on any atom is 0.409 e. The summed E-state index contributed by atoms with van der Waals surface area (Å²) in [6.45, 7) is 6.77. The fraction of sp³-hybridized carbons (Fsp3) is 0.727. The molecule has 0 spiro atoms. The standard InChI is InChI=1S/C11H18N4O3/c1-3-9-12-13-10(18-9)14-5-7-15(8-6-14)11(16)17-4-2/h3-8H2,1-2H3. The molecule has 0 atom stereocenters. The highest BCUT2D eigenvalue weighted by Crippen LogP contribution is 2.15. The van der Waals surface area contributed by atoms with E-state index in [1.165, 1.54) is 0 Å². The first-order valence-corrected chi connectivity index (χ1v) is 6.23. The van der Waals surface area contributed by atoms with Gasteiger partial charge in [-0.3, -0.25) is 0 Å². The lowest BCUT2D eigenvalue weighted by Crippen LogP contribution is -2.49. The predicted molar refractivity (Wildman–Crippen MR) is 64.5 cm³/mol. The molecule has 0 N–H and O–H groups in total. The first-order valence-electron chi connectivity index (χ1n) is 6.23. The van der Waals surface area contributed by atoms with Crippen molar-refractivity contribution in [1.82, 2.24) is 15.1 Å². The zero-order valence-corrected chi connectivity index (χ0v) is 10.8. The van der Waals surface area contributed by atoms with Crippen LogP contribution in [0.1, 0.15) is 19.7 Å². The van der Waals surface area contributed by atoms with Crippen molar-refractivity contribution < 1.29 is 13.9 Å². The van der Waals surface area contributed by atoms with Gasteiger partial charge in [-0.15, -0.1) is 5.10 Å². The topological polar surface area (TPSA) is 71.7 Å². The van der Waals surface area contributed by atoms with E-state index in [2.05, 4.69) is 10.2 Å². The third kappa shape index (κ3) is 2.72. The van der Waals surface area contributed by atoms with Gasteiger partial charge >= 0.3 is 12.1 Å². The van der Waals surface area contributed by atoms with E-state index in [0.29, 0.717) is 44.7 Å². The van der Waals surface area contributed by atoms with Crippen LogP contribution < -0.4 is 4.90 Å². The first-order chi connectivity index (χ1) is 8.74. The average Bonchev–Trinajstić information content (AvgIpc) is 2.88. The molecule has 1 saturated heterocycles. The van der Waals surface area contributed by atoms with Crippen LogP contribution in [0.3, 0.4) is 0 Å². The molecule has 0 saturated carbocycles. The Morgan fingerprint density at radius 2 is 2.00 bits per heavy atom. The zero-order chi connectivity index (χ0) is 13.0. The summed E-state index contributed by atoms with van der Waals surface area (Å²) >= 11 is 0. The molecule has 1 aromatic heterocycles. The molecule has 1 amide bonds. The van der Waals surface area contributed by atoms with Crippen LogP contribution in [-0.2, 0) is 11.2 Å². The Kier molecular flexibility index (Phi) is 4.01. The molecular weight excluding hydrogens is 236 g/mol. The molecule has 0 unspecified atom stereocenters. The number of amides is 1. The average molecular weight is 254 g/mol. The second kappa shape index (κ2) is 5.70. The second-order valence-corrected chi connectivity index (χ2v) is 4.00. The number of carbonyl (C=O) groups excluding carboxylic acids is 1. The van der Waals surface area contributed by atoms with Gasteiger partial charge in [-0.1, -0.05) is 12.0 Å². The van der Waals surface area contributed by atoms with E-state index in [1.807, 2.05) is 11.8 Å². The monoisotopic (exact) mass is 254 g/mol. The molecule has 0 aliphatic carbocycles. The lowest BCUT2D eigenvalue weighted by Gasteiger charge is -2.32. The molecule has 1 aliphatic rings. The minimum Gasteiger partial charge on any atom is -0.450 e. The third-order valence-corrected chi connectivity index (χ3v) is 2.83. The van der Waals surface area contributed by atoms with Gasteiger partial charge in [0.05, 0.1) is 6.61 Å². The Hall–Kier alpha value is -1.79. The second-order valence-electron chi connectivity index (χ2n) is 4.00. The van der Waals surface area contributed by atoms with E-state index in [4.69, 9.17) is 9.15 Å². The highest BCUT2D eigenvalue weighted by Gasteiger charge is 2.24. The van der Waals surface area contributed by atoms with Crippen molar-refractivity contribution >= 4 is 12.1 Å². The summed E-state index contributed by atoms with van der Waals surface area (Å²) in [5.41, 5.74) is 0. The number of hydrogen-bond acceptors (Lipinski definition) is 6. The maximum absolute atomic E-state index is 11.5. The molecule has 1 aliphatic heterocycles. The molecular formula is C11H18N4O3. The molecule has 7 heteroatoms. The van der Waals surface area contributed by atoms with Crippen LogP contribution in [-0.4, -0.2) is 54.0 Å². The normalized spacial score (nSPS) is 15.9. The highest BCUT2D eigenvalue weighted by atomic mass is 16.6. The van der Waals surface area contributed by atoms with Gasteiger partial charge < -0.3 is 19.0 Å². The number of nitrogens with zero attached hydrogens (tertiary/aromatic N) is 4. The van der Waals surface area contributed by atoms with E-state index in [0.717, 1.165) is 6.42 Å². The van der Waals surface area contributed by atoms with Gasteiger partial charge in [-0.25, -0.2) is 4.79 Å². The molecule has 1 fully saturated rings. The fourth-order valence-electron chi connectivity index (χ4n) is 1.81. The van der Waals surface area contributed by atoms with Crippen LogP contribution in [0.15, 0.2) is 4.42 Å². The summed E-state index contributed by atoms with van der Waals surface area (Å²) in [4.78, 5) is 15.2. The molecule has 18 heavy (non-hydrogen) atoms. The van der Waals surface area contributed by atoms with Gasteiger partial charge in [-0.05, 0) is 6.92 Å². The predicted octanol–water partition coefficient (Wildman–Crippen LogP) is 0.910. The molecule has 0 bridgehead atoms. The molecule has 0 radical (unpaired) electrons. The number of aromatic nitrogens is 2. The molecule has 7 nitrogen and oxygen atoms in total. The van der Waals surface area contributed by atoms with Gasteiger partial charge in [0.15, 0.2) is 0 Å². The van der Waals surface area contributed by atoms with Crippen molar-refractivity contribution in [3.05, 3.63) is 5.89 Å². The fourth-order valence-corrected chi connectivity index (χ4v) is 1.81. The zero-order valence-electron chi connectivity index (χ0n) is 10.8. The molecule has 2 heterocycles. The SMILES string of the molecule is CCOC(=O)N1CCN(c2nnc(CC)o2)CC1. The van der Waals surface area contributed by atoms with Crippen molar-refractivity contribution in [2.45, 2.75) is 20.3 Å². The number of rotatable bonds is 3. The number of hydrogen-bond donors (Lipinski definition) is 0. The summed E-state index contributed by atoms with van der Waals surface area (Å²) < 4.78 is 10.4. The molecule has 0 aromatic carbocycles. The Balaban J connectivity index is 1.88. The smallest absolute Gasteiger partial charge is 0.409 e. The van der Waals surface area contributed by atoms with Crippen molar-refractivity contribution in [2.75, 3.05) is 37.7 Å². The van der Waals surface area contributed by atoms with Crippen LogP contribution in [0.4, 0.5) is 10.8 Å². The Labute approximate surface area is 106 Å². The third-order valence-electron chi connectivity index (χ3n) is 2.83. The largest absolute Gasteiger partial charge is 0.450 e. The van der Waals surface area contributed by atoms with Crippen molar-refractivity contribution in [3.8, 4) is 0 Å². The summed E-state index contributed by atoms with van der Waals surface area (Å²) in [6, 6.07) is 0.537. The van der Waals surface area contributed by atoms with E-state index in [-0.39, 0.29) is 6.09 Å². The number of piperazine rings is 1. The van der Waals surface area contributed by atoms with Gasteiger partial charge in [0.2, 0.25) is 5.89 Å². The maximum atomic E-state index is 11.5. The van der Waals surface area contributed by atoms with E-state index in [1.54, 1.807) is 11.8 Å². The highest BCUT2D eigenvalue weighted by molar-refractivity contribution is 5.68. The minimum absolute atomic E-state index is 0.253.